The SMILES string of the molecule is CC1CC(NC(=O)c2ccccc2I)CCN1. The fourth-order valence-corrected chi connectivity index (χ4v) is 2.80. The molecule has 1 saturated heterocycles. The standard InChI is InChI=1S/C13H17IN2O/c1-9-8-10(6-7-15-9)16-13(17)11-4-2-3-5-12(11)14/h2-5,9-10,15H,6-8H2,1H3,(H,16,17). The van der Waals surface area contributed by atoms with E-state index in [9.17, 15) is 4.79 Å². The van der Waals surface area contributed by atoms with Gasteiger partial charge in [-0.2, -0.15) is 0 Å². The second kappa shape index (κ2) is 5.82. The van der Waals surface area contributed by atoms with Gasteiger partial charge in [-0.25, -0.2) is 0 Å². The number of hydrogen-bond donors (Lipinski definition) is 2. The van der Waals surface area contributed by atoms with Crippen LogP contribution in [0.3, 0.4) is 0 Å². The number of rotatable bonds is 2. The lowest BCUT2D eigenvalue weighted by Crippen LogP contribution is -2.46. The summed E-state index contributed by atoms with van der Waals surface area (Å²) in [7, 11) is 0. The van der Waals surface area contributed by atoms with Gasteiger partial charge in [0.25, 0.3) is 5.91 Å². The molecule has 4 heteroatoms. The van der Waals surface area contributed by atoms with Gasteiger partial charge >= 0.3 is 0 Å². The summed E-state index contributed by atoms with van der Waals surface area (Å²) >= 11 is 2.20. The zero-order valence-electron chi connectivity index (χ0n) is 9.87. The van der Waals surface area contributed by atoms with Crippen molar-refractivity contribution in [1.82, 2.24) is 10.6 Å². The lowest BCUT2D eigenvalue weighted by Gasteiger charge is -2.28. The third-order valence-electron chi connectivity index (χ3n) is 3.08. The van der Waals surface area contributed by atoms with Gasteiger partial charge in [-0.15, -0.1) is 0 Å². The summed E-state index contributed by atoms with van der Waals surface area (Å²) in [6.45, 7) is 3.14. The van der Waals surface area contributed by atoms with E-state index in [1.54, 1.807) is 0 Å². The van der Waals surface area contributed by atoms with E-state index < -0.39 is 0 Å². The lowest BCUT2D eigenvalue weighted by molar-refractivity contribution is 0.0925. The molecule has 1 aromatic carbocycles. The zero-order chi connectivity index (χ0) is 12.3. The highest BCUT2D eigenvalue weighted by molar-refractivity contribution is 14.1. The smallest absolute Gasteiger partial charge is 0.252 e. The number of amides is 1. The minimum absolute atomic E-state index is 0.0501. The molecule has 0 radical (unpaired) electrons. The Kier molecular flexibility index (Phi) is 4.39. The van der Waals surface area contributed by atoms with E-state index in [0.29, 0.717) is 12.1 Å². The molecule has 0 aromatic heterocycles. The van der Waals surface area contributed by atoms with E-state index >= 15 is 0 Å². The molecule has 92 valence electrons. The van der Waals surface area contributed by atoms with Gasteiger partial charge in [-0.1, -0.05) is 12.1 Å². The number of carbonyl (C=O) groups is 1. The highest BCUT2D eigenvalue weighted by Gasteiger charge is 2.20. The average Bonchev–Trinajstić information content (AvgIpc) is 2.29. The van der Waals surface area contributed by atoms with Crippen molar-refractivity contribution in [3.8, 4) is 0 Å². The Morgan fingerprint density at radius 2 is 2.24 bits per heavy atom. The highest BCUT2D eigenvalue weighted by Crippen LogP contribution is 2.13. The van der Waals surface area contributed by atoms with Gasteiger partial charge < -0.3 is 10.6 Å². The van der Waals surface area contributed by atoms with Crippen LogP contribution in [0.2, 0.25) is 0 Å². The first-order chi connectivity index (χ1) is 8.16. The number of benzene rings is 1. The van der Waals surface area contributed by atoms with Crippen molar-refractivity contribution < 1.29 is 4.79 Å². The number of carbonyl (C=O) groups excluding carboxylic acids is 1. The maximum absolute atomic E-state index is 12.1. The first-order valence-corrected chi connectivity index (χ1v) is 7.03. The summed E-state index contributed by atoms with van der Waals surface area (Å²) in [5, 5.41) is 6.51. The topological polar surface area (TPSA) is 41.1 Å². The fraction of sp³-hybridized carbons (Fsp3) is 0.462. The van der Waals surface area contributed by atoms with Gasteiger partial charge in [-0.3, -0.25) is 4.79 Å². The van der Waals surface area contributed by atoms with Crippen LogP contribution in [0.25, 0.3) is 0 Å². The van der Waals surface area contributed by atoms with Gasteiger partial charge in [0.1, 0.15) is 0 Å². The second-order valence-electron chi connectivity index (χ2n) is 4.53. The molecule has 2 N–H and O–H groups in total. The van der Waals surface area contributed by atoms with E-state index in [1.165, 1.54) is 0 Å². The van der Waals surface area contributed by atoms with Crippen LogP contribution < -0.4 is 10.6 Å². The van der Waals surface area contributed by atoms with Crippen molar-refractivity contribution in [2.75, 3.05) is 6.54 Å². The van der Waals surface area contributed by atoms with Crippen molar-refractivity contribution in [3.63, 3.8) is 0 Å². The summed E-state index contributed by atoms with van der Waals surface area (Å²) in [5.41, 5.74) is 0.777. The van der Waals surface area contributed by atoms with Gasteiger partial charge in [0.15, 0.2) is 0 Å². The van der Waals surface area contributed by atoms with Gasteiger partial charge in [-0.05, 0) is 61.0 Å². The van der Waals surface area contributed by atoms with Crippen LogP contribution in [-0.4, -0.2) is 24.5 Å². The molecule has 2 unspecified atom stereocenters. The number of nitrogens with one attached hydrogen (secondary N) is 2. The second-order valence-corrected chi connectivity index (χ2v) is 5.69. The van der Waals surface area contributed by atoms with Gasteiger partial charge in [0, 0.05) is 15.7 Å². The molecule has 17 heavy (non-hydrogen) atoms. The van der Waals surface area contributed by atoms with Crippen molar-refractivity contribution in [1.29, 1.82) is 0 Å². The van der Waals surface area contributed by atoms with Crippen molar-refractivity contribution in [3.05, 3.63) is 33.4 Å². The Morgan fingerprint density at radius 3 is 2.94 bits per heavy atom. The minimum Gasteiger partial charge on any atom is -0.349 e. The molecule has 1 heterocycles. The molecule has 0 bridgehead atoms. The lowest BCUT2D eigenvalue weighted by atomic mass is 10.0. The molecule has 1 aliphatic rings. The quantitative estimate of drug-likeness (QED) is 0.808. The van der Waals surface area contributed by atoms with E-state index in [-0.39, 0.29) is 5.91 Å². The van der Waals surface area contributed by atoms with Crippen LogP contribution in [0.5, 0.6) is 0 Å². The van der Waals surface area contributed by atoms with Gasteiger partial charge in [0.05, 0.1) is 5.56 Å². The molecular formula is C13H17IN2O. The van der Waals surface area contributed by atoms with Crippen LogP contribution in [0.15, 0.2) is 24.3 Å². The molecule has 1 fully saturated rings. The van der Waals surface area contributed by atoms with Crippen LogP contribution >= 0.6 is 22.6 Å². The molecule has 0 saturated carbocycles. The fourth-order valence-electron chi connectivity index (χ4n) is 2.17. The molecule has 0 aliphatic carbocycles. The van der Waals surface area contributed by atoms with E-state index in [2.05, 4.69) is 40.1 Å². The monoisotopic (exact) mass is 344 g/mol. The zero-order valence-corrected chi connectivity index (χ0v) is 12.0. The highest BCUT2D eigenvalue weighted by atomic mass is 127. The Morgan fingerprint density at radius 1 is 1.47 bits per heavy atom. The average molecular weight is 344 g/mol. The van der Waals surface area contributed by atoms with Crippen molar-refractivity contribution >= 4 is 28.5 Å². The predicted molar refractivity (Wildman–Crippen MR) is 77.1 cm³/mol. The van der Waals surface area contributed by atoms with E-state index in [0.717, 1.165) is 28.5 Å². The maximum atomic E-state index is 12.1. The van der Waals surface area contributed by atoms with E-state index in [4.69, 9.17) is 0 Å². The molecule has 3 nitrogen and oxygen atoms in total. The normalized spacial score (nSPS) is 24.4. The summed E-state index contributed by atoms with van der Waals surface area (Å²) in [4.78, 5) is 12.1. The Balaban J connectivity index is 1.99. The van der Waals surface area contributed by atoms with Crippen molar-refractivity contribution in [2.24, 2.45) is 0 Å². The molecule has 1 amide bonds. The minimum atomic E-state index is 0.0501. The maximum Gasteiger partial charge on any atom is 0.252 e. The molecule has 1 aromatic rings. The Hall–Kier alpha value is -0.620. The summed E-state index contributed by atoms with van der Waals surface area (Å²) in [6.07, 6.45) is 2.02. The Labute approximate surface area is 116 Å². The van der Waals surface area contributed by atoms with E-state index in [1.807, 2.05) is 24.3 Å². The summed E-state index contributed by atoms with van der Waals surface area (Å²) in [5.74, 6) is 0.0501. The molecule has 2 atom stereocenters. The molecular weight excluding hydrogens is 327 g/mol. The predicted octanol–water partition coefficient (Wildman–Crippen LogP) is 2.16. The number of halogens is 1. The molecule has 1 aliphatic heterocycles. The van der Waals surface area contributed by atoms with Crippen LogP contribution in [0, 0.1) is 3.57 Å². The summed E-state index contributed by atoms with van der Waals surface area (Å²) < 4.78 is 1.00. The largest absolute Gasteiger partial charge is 0.349 e. The summed E-state index contributed by atoms with van der Waals surface area (Å²) in [6, 6.07) is 8.48. The van der Waals surface area contributed by atoms with Gasteiger partial charge in [0.2, 0.25) is 0 Å². The Bertz CT molecular complexity index is 408. The van der Waals surface area contributed by atoms with Crippen LogP contribution in [0.4, 0.5) is 0 Å². The molecule has 2 rings (SSSR count). The number of hydrogen-bond acceptors (Lipinski definition) is 2. The van der Waals surface area contributed by atoms with Crippen LogP contribution in [-0.2, 0) is 0 Å². The van der Waals surface area contributed by atoms with Crippen LogP contribution in [0.1, 0.15) is 30.1 Å². The first-order valence-electron chi connectivity index (χ1n) is 5.95. The third-order valence-corrected chi connectivity index (χ3v) is 4.02. The van der Waals surface area contributed by atoms with Crippen molar-refractivity contribution in [2.45, 2.75) is 31.8 Å². The molecule has 0 spiro atoms. The number of piperidine rings is 1. The first kappa shape index (κ1) is 12.8. The third kappa shape index (κ3) is 3.42.